The van der Waals surface area contributed by atoms with Crippen LogP contribution in [0, 0.1) is 0 Å². The lowest BCUT2D eigenvalue weighted by atomic mass is 10.1. The third-order valence-corrected chi connectivity index (χ3v) is 6.32. The van der Waals surface area contributed by atoms with Crippen LogP contribution < -0.4 is 14.8 Å². The van der Waals surface area contributed by atoms with E-state index in [1.54, 1.807) is 14.2 Å². The summed E-state index contributed by atoms with van der Waals surface area (Å²) in [5.74, 6) is 2.63. The lowest BCUT2D eigenvalue weighted by Crippen LogP contribution is -2.50. The van der Waals surface area contributed by atoms with Crippen molar-refractivity contribution in [3.63, 3.8) is 0 Å². The molecule has 0 saturated carbocycles. The number of morpholine rings is 1. The minimum Gasteiger partial charge on any atom is -0.497 e. The van der Waals surface area contributed by atoms with E-state index in [1.807, 2.05) is 25.2 Å². The van der Waals surface area contributed by atoms with Gasteiger partial charge in [-0.3, -0.25) is 9.89 Å². The van der Waals surface area contributed by atoms with Gasteiger partial charge < -0.3 is 24.4 Å². The molecule has 2 aromatic carbocycles. The minimum absolute atomic E-state index is 0.212. The van der Waals surface area contributed by atoms with Gasteiger partial charge in [0.2, 0.25) is 0 Å². The number of ether oxygens (including phenoxy) is 3. The van der Waals surface area contributed by atoms with Gasteiger partial charge >= 0.3 is 0 Å². The second kappa shape index (κ2) is 10.7. The summed E-state index contributed by atoms with van der Waals surface area (Å²) in [5.41, 5.74) is 2.46. The molecule has 0 aliphatic carbocycles. The molecule has 2 unspecified atom stereocenters. The van der Waals surface area contributed by atoms with Crippen LogP contribution in [-0.2, 0) is 17.7 Å². The first-order chi connectivity index (χ1) is 15.7. The molecule has 2 fully saturated rings. The number of likely N-dealkylation sites (tertiary alicyclic amines) is 1. The van der Waals surface area contributed by atoms with E-state index in [-0.39, 0.29) is 6.10 Å². The predicted octanol–water partition coefficient (Wildman–Crippen LogP) is 2.41. The van der Waals surface area contributed by atoms with Crippen molar-refractivity contribution < 1.29 is 14.2 Å². The van der Waals surface area contributed by atoms with E-state index < -0.39 is 0 Å². The molecule has 2 aliphatic rings. The first-order valence-electron chi connectivity index (χ1n) is 11.3. The molecule has 2 aromatic rings. The lowest BCUT2D eigenvalue weighted by molar-refractivity contribution is -0.0502. The Labute approximate surface area is 191 Å². The van der Waals surface area contributed by atoms with Crippen LogP contribution in [-0.4, -0.2) is 82.0 Å². The zero-order valence-corrected chi connectivity index (χ0v) is 19.3. The van der Waals surface area contributed by atoms with Gasteiger partial charge in [-0.05, 0) is 35.7 Å². The smallest absolute Gasteiger partial charge is 0.193 e. The Balaban J connectivity index is 1.35. The van der Waals surface area contributed by atoms with Crippen LogP contribution in [0.15, 0.2) is 53.5 Å². The van der Waals surface area contributed by atoms with Crippen molar-refractivity contribution in [3.8, 4) is 11.5 Å². The number of methoxy groups -OCH3 is 2. The highest BCUT2D eigenvalue weighted by Gasteiger charge is 2.41. The van der Waals surface area contributed by atoms with Gasteiger partial charge in [0, 0.05) is 39.8 Å². The van der Waals surface area contributed by atoms with Crippen LogP contribution >= 0.6 is 0 Å². The second-order valence-electron chi connectivity index (χ2n) is 8.24. The predicted molar refractivity (Wildman–Crippen MR) is 127 cm³/mol. The molecule has 2 atom stereocenters. The number of nitrogens with zero attached hydrogens (tertiary/aromatic N) is 3. The van der Waals surface area contributed by atoms with Crippen LogP contribution in [0.4, 0.5) is 0 Å². The fraction of sp³-hybridized carbons (Fsp3) is 0.480. The maximum absolute atomic E-state index is 6.13. The summed E-state index contributed by atoms with van der Waals surface area (Å²) in [6.07, 6.45) is 1.03. The molecule has 0 radical (unpaired) electrons. The Morgan fingerprint density at radius 2 is 1.97 bits per heavy atom. The average Bonchev–Trinajstić information content (AvgIpc) is 3.27. The van der Waals surface area contributed by atoms with E-state index in [2.05, 4.69) is 50.4 Å². The normalized spacial score (nSPS) is 21.3. The second-order valence-corrected chi connectivity index (χ2v) is 8.24. The molecule has 7 nitrogen and oxygen atoms in total. The molecule has 172 valence electrons. The van der Waals surface area contributed by atoms with Crippen LogP contribution in [0.3, 0.4) is 0 Å². The van der Waals surface area contributed by atoms with Crippen LogP contribution in [0.1, 0.15) is 11.1 Å². The van der Waals surface area contributed by atoms with Gasteiger partial charge in [-0.15, -0.1) is 0 Å². The van der Waals surface area contributed by atoms with Crippen molar-refractivity contribution in [2.45, 2.75) is 25.1 Å². The highest BCUT2D eigenvalue weighted by molar-refractivity contribution is 5.80. The molecule has 2 heterocycles. The number of hydrogen-bond donors (Lipinski definition) is 1. The van der Waals surface area contributed by atoms with Crippen molar-refractivity contribution in [2.75, 3.05) is 54.1 Å². The van der Waals surface area contributed by atoms with Gasteiger partial charge in [0.25, 0.3) is 0 Å². The fourth-order valence-electron chi connectivity index (χ4n) is 4.66. The molecule has 32 heavy (non-hydrogen) atoms. The van der Waals surface area contributed by atoms with Crippen molar-refractivity contribution in [1.82, 2.24) is 15.1 Å². The first-order valence-corrected chi connectivity index (χ1v) is 11.3. The first kappa shape index (κ1) is 22.4. The van der Waals surface area contributed by atoms with Crippen LogP contribution in [0.2, 0.25) is 0 Å². The molecule has 1 N–H and O–H groups in total. The van der Waals surface area contributed by atoms with Crippen LogP contribution in [0.25, 0.3) is 0 Å². The van der Waals surface area contributed by atoms with Crippen molar-refractivity contribution >= 4 is 5.96 Å². The molecular weight excluding hydrogens is 404 g/mol. The largest absolute Gasteiger partial charge is 0.497 e. The quantitative estimate of drug-likeness (QED) is 0.529. The Morgan fingerprint density at radius 3 is 2.72 bits per heavy atom. The maximum atomic E-state index is 6.13. The number of benzene rings is 2. The van der Waals surface area contributed by atoms with Gasteiger partial charge in [0.1, 0.15) is 11.5 Å². The topological polar surface area (TPSA) is 58.6 Å². The minimum atomic E-state index is 0.212. The standard InChI is InChI=1S/C25H34N4O3/c1-26-25(27-12-11-20-15-21(30-2)9-10-23(20)31-3)29-17-22-24(18-29)32-14-13-28(22)16-19-7-5-4-6-8-19/h4-10,15,22,24H,11-14,16-18H2,1-3H3,(H,26,27). The molecule has 2 aliphatic heterocycles. The molecule has 0 spiro atoms. The maximum Gasteiger partial charge on any atom is 0.193 e. The summed E-state index contributed by atoms with van der Waals surface area (Å²) in [7, 11) is 5.23. The summed E-state index contributed by atoms with van der Waals surface area (Å²) in [6, 6.07) is 17.0. The average molecular weight is 439 g/mol. The summed E-state index contributed by atoms with van der Waals surface area (Å²) >= 11 is 0. The zero-order valence-electron chi connectivity index (χ0n) is 19.3. The molecular formula is C25H34N4O3. The van der Waals surface area contributed by atoms with Crippen molar-refractivity contribution in [3.05, 3.63) is 59.7 Å². The Hall–Kier alpha value is -2.77. The monoisotopic (exact) mass is 438 g/mol. The van der Waals surface area contributed by atoms with E-state index in [1.165, 1.54) is 5.56 Å². The van der Waals surface area contributed by atoms with Gasteiger partial charge in [0.15, 0.2) is 5.96 Å². The number of nitrogens with one attached hydrogen (secondary N) is 1. The fourth-order valence-corrected chi connectivity index (χ4v) is 4.66. The molecule has 0 aromatic heterocycles. The van der Waals surface area contributed by atoms with E-state index in [0.717, 1.165) is 68.8 Å². The highest BCUT2D eigenvalue weighted by atomic mass is 16.5. The van der Waals surface area contributed by atoms with E-state index in [9.17, 15) is 0 Å². The Bertz CT molecular complexity index is 905. The van der Waals surface area contributed by atoms with Crippen LogP contribution in [0.5, 0.6) is 11.5 Å². The van der Waals surface area contributed by atoms with Crippen molar-refractivity contribution in [1.29, 1.82) is 0 Å². The Kier molecular flexibility index (Phi) is 7.50. The van der Waals surface area contributed by atoms with Gasteiger partial charge in [0.05, 0.1) is 33.0 Å². The SMILES string of the molecule is CN=C(NCCc1cc(OC)ccc1OC)N1CC2OCCN(Cc3ccccc3)C2C1. The van der Waals surface area contributed by atoms with E-state index in [4.69, 9.17) is 14.2 Å². The third-order valence-electron chi connectivity index (χ3n) is 6.32. The zero-order chi connectivity index (χ0) is 22.3. The van der Waals surface area contributed by atoms with Gasteiger partial charge in [-0.2, -0.15) is 0 Å². The molecule has 0 bridgehead atoms. The van der Waals surface area contributed by atoms with Crippen molar-refractivity contribution in [2.24, 2.45) is 4.99 Å². The molecule has 0 amide bonds. The van der Waals surface area contributed by atoms with Gasteiger partial charge in [-0.1, -0.05) is 30.3 Å². The number of guanidine groups is 1. The third kappa shape index (κ3) is 5.16. The number of rotatable bonds is 7. The summed E-state index contributed by atoms with van der Waals surface area (Å²) in [4.78, 5) is 9.42. The van der Waals surface area contributed by atoms with Gasteiger partial charge in [-0.25, -0.2) is 0 Å². The van der Waals surface area contributed by atoms with E-state index in [0.29, 0.717) is 6.04 Å². The molecule has 4 rings (SSSR count). The summed E-state index contributed by atoms with van der Waals surface area (Å²) in [5, 5.41) is 3.53. The number of hydrogen-bond acceptors (Lipinski definition) is 5. The Morgan fingerprint density at radius 1 is 1.12 bits per heavy atom. The lowest BCUT2D eigenvalue weighted by Gasteiger charge is -2.36. The highest BCUT2D eigenvalue weighted by Crippen LogP contribution is 2.26. The number of fused-ring (bicyclic) bond motifs is 1. The summed E-state index contributed by atoms with van der Waals surface area (Å²) < 4.78 is 17.0. The number of aliphatic imine (C=N–C) groups is 1. The van der Waals surface area contributed by atoms with E-state index >= 15 is 0 Å². The molecule has 2 saturated heterocycles. The summed E-state index contributed by atoms with van der Waals surface area (Å²) in [6.45, 7) is 5.24. The molecule has 7 heteroatoms.